The van der Waals surface area contributed by atoms with Crippen molar-refractivity contribution >= 4 is 17.6 Å². The van der Waals surface area contributed by atoms with Crippen LogP contribution < -0.4 is 4.74 Å². The third kappa shape index (κ3) is 7.00. The van der Waals surface area contributed by atoms with Gasteiger partial charge in [-0.3, -0.25) is 4.79 Å². The van der Waals surface area contributed by atoms with Crippen molar-refractivity contribution in [3.8, 4) is 5.75 Å². The molecule has 1 aliphatic carbocycles. The van der Waals surface area contributed by atoms with Crippen LogP contribution in [-0.2, 0) is 11.2 Å². The number of carboxylic acids is 1. The number of rotatable bonds is 12. The van der Waals surface area contributed by atoms with E-state index in [1.165, 1.54) is 48.8 Å². The van der Waals surface area contributed by atoms with Gasteiger partial charge in [-0.05, 0) is 66.8 Å². The van der Waals surface area contributed by atoms with Crippen LogP contribution in [0.1, 0.15) is 86.8 Å². The van der Waals surface area contributed by atoms with Gasteiger partial charge in [0, 0.05) is 17.7 Å². The molecule has 3 unspecified atom stereocenters. The van der Waals surface area contributed by atoms with E-state index in [0.717, 1.165) is 18.6 Å². The number of carboxylic acid groups (broad SMARTS) is 1. The first-order chi connectivity index (χ1) is 15.1. The molecule has 1 saturated carbocycles. The fraction of sp³-hybridized carbons (Fsp3) is 0.519. The van der Waals surface area contributed by atoms with Crippen molar-refractivity contribution in [1.29, 1.82) is 0 Å². The number of unbranched alkanes of at least 4 members (excludes halogenated alkanes) is 3. The van der Waals surface area contributed by atoms with Crippen molar-refractivity contribution in [3.05, 3.63) is 65.2 Å². The third-order valence-corrected chi connectivity index (χ3v) is 6.86. The van der Waals surface area contributed by atoms with Crippen LogP contribution in [0.3, 0.4) is 0 Å². The van der Waals surface area contributed by atoms with Crippen LogP contribution in [0.25, 0.3) is 0 Å². The van der Waals surface area contributed by atoms with Gasteiger partial charge in [-0.15, -0.1) is 11.6 Å². The summed E-state index contributed by atoms with van der Waals surface area (Å²) in [5.74, 6) is 0.739. The van der Waals surface area contributed by atoms with Gasteiger partial charge >= 0.3 is 5.97 Å². The van der Waals surface area contributed by atoms with Crippen LogP contribution in [0.4, 0.5) is 0 Å². The lowest BCUT2D eigenvalue weighted by atomic mass is 9.83. The van der Waals surface area contributed by atoms with Gasteiger partial charge in [0.05, 0.1) is 6.61 Å². The number of carbonyl (C=O) groups is 1. The van der Waals surface area contributed by atoms with E-state index in [-0.39, 0.29) is 11.8 Å². The molecule has 0 amide bonds. The van der Waals surface area contributed by atoms with Crippen LogP contribution in [0.2, 0.25) is 0 Å². The number of hydrogen-bond donors (Lipinski definition) is 1. The number of aliphatic carboxylic acids is 1. The lowest BCUT2D eigenvalue weighted by molar-refractivity contribution is -0.137. The van der Waals surface area contributed by atoms with E-state index in [4.69, 9.17) is 21.4 Å². The zero-order valence-corrected chi connectivity index (χ0v) is 19.3. The predicted molar refractivity (Wildman–Crippen MR) is 127 cm³/mol. The Morgan fingerprint density at radius 1 is 0.968 bits per heavy atom. The quantitative estimate of drug-likeness (QED) is 0.276. The molecule has 1 fully saturated rings. The smallest absolute Gasteiger partial charge is 0.303 e. The highest BCUT2D eigenvalue weighted by Crippen LogP contribution is 2.48. The van der Waals surface area contributed by atoms with Crippen molar-refractivity contribution in [2.24, 2.45) is 0 Å². The standard InChI is InChI=1S/C27H35ClO3/c1-2-3-4-5-7-20-9-11-21(12-10-20)24-17-18-25(28)27(24)22-13-15-23(16-14-22)31-19-6-8-26(29)30/h9-16,24-25,27H,2-8,17-19H2,1H3,(H,29,30). The molecule has 3 nitrogen and oxygen atoms in total. The van der Waals surface area contributed by atoms with Crippen molar-refractivity contribution in [1.82, 2.24) is 0 Å². The molecule has 1 aliphatic rings. The number of halogens is 1. The molecule has 2 aromatic carbocycles. The monoisotopic (exact) mass is 442 g/mol. The first kappa shape index (κ1) is 23.7. The Labute approximate surface area is 191 Å². The molecule has 0 bridgehead atoms. The number of aryl methyl sites for hydroxylation is 1. The highest BCUT2D eigenvalue weighted by Gasteiger charge is 2.36. The lowest BCUT2D eigenvalue weighted by Crippen LogP contribution is -2.12. The van der Waals surface area contributed by atoms with E-state index in [1.807, 2.05) is 12.1 Å². The summed E-state index contributed by atoms with van der Waals surface area (Å²) >= 11 is 6.77. The summed E-state index contributed by atoms with van der Waals surface area (Å²) in [6, 6.07) is 17.4. The molecule has 1 N–H and O–H groups in total. The zero-order valence-electron chi connectivity index (χ0n) is 18.6. The van der Waals surface area contributed by atoms with E-state index < -0.39 is 5.97 Å². The third-order valence-electron chi connectivity index (χ3n) is 6.37. The molecule has 0 saturated heterocycles. The molecule has 3 rings (SSSR count). The maximum atomic E-state index is 10.6. The van der Waals surface area contributed by atoms with Gasteiger partial charge in [-0.25, -0.2) is 0 Å². The molecule has 2 aromatic rings. The van der Waals surface area contributed by atoms with E-state index in [2.05, 4.69) is 43.3 Å². The van der Waals surface area contributed by atoms with Crippen LogP contribution in [-0.4, -0.2) is 23.1 Å². The highest BCUT2D eigenvalue weighted by atomic mass is 35.5. The minimum Gasteiger partial charge on any atom is -0.494 e. The van der Waals surface area contributed by atoms with Crippen LogP contribution in [0, 0.1) is 0 Å². The second-order valence-electron chi connectivity index (χ2n) is 8.69. The van der Waals surface area contributed by atoms with E-state index in [0.29, 0.717) is 24.9 Å². The topological polar surface area (TPSA) is 46.5 Å². The maximum Gasteiger partial charge on any atom is 0.303 e. The van der Waals surface area contributed by atoms with E-state index >= 15 is 0 Å². The van der Waals surface area contributed by atoms with E-state index in [1.54, 1.807) is 0 Å². The first-order valence-corrected chi connectivity index (χ1v) is 12.2. The second kappa shape index (κ2) is 12.1. The number of benzene rings is 2. The molecule has 0 aliphatic heterocycles. The summed E-state index contributed by atoms with van der Waals surface area (Å²) in [7, 11) is 0. The van der Waals surface area contributed by atoms with Gasteiger partial charge in [0.1, 0.15) is 5.75 Å². The molecule has 4 heteroatoms. The summed E-state index contributed by atoms with van der Waals surface area (Å²) in [5.41, 5.74) is 4.07. The minimum atomic E-state index is -0.788. The molecule has 168 valence electrons. The number of alkyl halides is 1. The molecule has 0 aromatic heterocycles. The Bertz CT molecular complexity index is 800. The number of ether oxygens (including phenoxy) is 1. The summed E-state index contributed by atoms with van der Waals surface area (Å²) < 4.78 is 5.68. The molecule has 3 atom stereocenters. The van der Waals surface area contributed by atoms with Crippen molar-refractivity contribution in [3.63, 3.8) is 0 Å². The molecule has 0 radical (unpaired) electrons. The van der Waals surface area contributed by atoms with Gasteiger partial charge in [0.2, 0.25) is 0 Å². The summed E-state index contributed by atoms with van der Waals surface area (Å²) in [4.78, 5) is 10.6. The normalized spacial score (nSPS) is 20.6. The Balaban J connectivity index is 1.60. The fourth-order valence-corrected chi connectivity index (χ4v) is 5.10. The Kier molecular flexibility index (Phi) is 9.27. The van der Waals surface area contributed by atoms with Gasteiger partial charge in [0.25, 0.3) is 0 Å². The van der Waals surface area contributed by atoms with Crippen LogP contribution in [0.15, 0.2) is 48.5 Å². The predicted octanol–water partition coefficient (Wildman–Crippen LogP) is 7.32. The molecule has 31 heavy (non-hydrogen) atoms. The van der Waals surface area contributed by atoms with Gasteiger partial charge in [-0.1, -0.05) is 62.6 Å². The Morgan fingerprint density at radius 2 is 1.68 bits per heavy atom. The molecular formula is C27H35ClO3. The second-order valence-corrected chi connectivity index (χ2v) is 9.25. The summed E-state index contributed by atoms with van der Waals surface area (Å²) in [5, 5.41) is 8.86. The van der Waals surface area contributed by atoms with Crippen molar-refractivity contribution < 1.29 is 14.6 Å². The Morgan fingerprint density at radius 3 is 2.35 bits per heavy atom. The fourth-order valence-electron chi connectivity index (χ4n) is 4.65. The molecular weight excluding hydrogens is 408 g/mol. The highest BCUT2D eigenvalue weighted by molar-refractivity contribution is 6.21. The molecule has 0 heterocycles. The van der Waals surface area contributed by atoms with Gasteiger partial charge in [-0.2, -0.15) is 0 Å². The van der Waals surface area contributed by atoms with E-state index in [9.17, 15) is 4.79 Å². The van der Waals surface area contributed by atoms with Gasteiger partial charge < -0.3 is 9.84 Å². The average Bonchev–Trinajstić information content (AvgIpc) is 3.16. The van der Waals surface area contributed by atoms with Crippen molar-refractivity contribution in [2.45, 2.75) is 81.9 Å². The van der Waals surface area contributed by atoms with Crippen LogP contribution in [0.5, 0.6) is 5.75 Å². The maximum absolute atomic E-state index is 10.6. The number of hydrogen-bond acceptors (Lipinski definition) is 2. The first-order valence-electron chi connectivity index (χ1n) is 11.8. The summed E-state index contributed by atoms with van der Waals surface area (Å²) in [6.07, 6.45) is 9.15. The average molecular weight is 443 g/mol. The molecule has 0 spiro atoms. The SMILES string of the molecule is CCCCCCc1ccc(C2CCC(Cl)C2c2ccc(OCCCC(=O)O)cc2)cc1. The summed E-state index contributed by atoms with van der Waals surface area (Å²) in [6.45, 7) is 2.67. The minimum absolute atomic E-state index is 0.132. The lowest BCUT2D eigenvalue weighted by Gasteiger charge is -2.23. The largest absolute Gasteiger partial charge is 0.494 e. The van der Waals surface area contributed by atoms with Crippen molar-refractivity contribution in [2.75, 3.05) is 6.61 Å². The van der Waals surface area contributed by atoms with Gasteiger partial charge in [0.15, 0.2) is 0 Å². The van der Waals surface area contributed by atoms with Crippen LogP contribution >= 0.6 is 11.6 Å². The zero-order chi connectivity index (χ0) is 22.1. The Hall–Kier alpha value is -2.00.